The number of nitrogens with zero attached hydrogens (tertiary/aromatic N) is 2. The molecule has 0 atom stereocenters. The summed E-state index contributed by atoms with van der Waals surface area (Å²) >= 11 is 1.46. The second-order valence-electron chi connectivity index (χ2n) is 3.69. The number of benzene rings is 1. The third kappa shape index (κ3) is 2.46. The van der Waals surface area contributed by atoms with Crippen LogP contribution in [0.4, 0.5) is 0 Å². The van der Waals surface area contributed by atoms with Crippen molar-refractivity contribution in [3.63, 3.8) is 0 Å². The van der Waals surface area contributed by atoms with Crippen LogP contribution < -0.4 is 5.32 Å². The second-order valence-corrected chi connectivity index (χ2v) is 4.53. The lowest BCUT2D eigenvalue weighted by atomic mass is 10.1. The molecular weight excluding hydrogens is 218 g/mol. The Labute approximate surface area is 99.7 Å². The molecular formula is C12H15N3S. The maximum Gasteiger partial charge on any atom is 0.110 e. The van der Waals surface area contributed by atoms with Gasteiger partial charge in [0.15, 0.2) is 0 Å². The minimum Gasteiger partial charge on any atom is -0.312 e. The molecule has 0 aliphatic carbocycles. The van der Waals surface area contributed by atoms with Gasteiger partial charge in [0.25, 0.3) is 0 Å². The monoisotopic (exact) mass is 233 g/mol. The van der Waals surface area contributed by atoms with Crippen LogP contribution in [0.5, 0.6) is 0 Å². The van der Waals surface area contributed by atoms with Crippen molar-refractivity contribution in [1.29, 1.82) is 0 Å². The van der Waals surface area contributed by atoms with E-state index in [1.807, 2.05) is 0 Å². The zero-order valence-electron chi connectivity index (χ0n) is 9.53. The molecule has 0 spiro atoms. The van der Waals surface area contributed by atoms with E-state index >= 15 is 0 Å². The second kappa shape index (κ2) is 5.18. The molecule has 1 aromatic heterocycles. The van der Waals surface area contributed by atoms with Crippen molar-refractivity contribution in [2.75, 3.05) is 6.54 Å². The summed E-state index contributed by atoms with van der Waals surface area (Å²) in [6, 6.07) is 8.40. The number of hydrogen-bond acceptors (Lipinski definition) is 4. The third-order valence-electron chi connectivity index (χ3n) is 2.42. The average molecular weight is 233 g/mol. The molecule has 0 saturated heterocycles. The smallest absolute Gasteiger partial charge is 0.110 e. The third-order valence-corrected chi connectivity index (χ3v) is 3.14. The first-order chi connectivity index (χ1) is 7.81. The average Bonchev–Trinajstić information content (AvgIpc) is 2.75. The highest BCUT2D eigenvalue weighted by Gasteiger charge is 2.09. The van der Waals surface area contributed by atoms with Gasteiger partial charge in [0.05, 0.1) is 4.88 Å². The van der Waals surface area contributed by atoms with E-state index in [4.69, 9.17) is 0 Å². The van der Waals surface area contributed by atoms with E-state index in [2.05, 4.69) is 53.0 Å². The Hall–Kier alpha value is -1.26. The summed E-state index contributed by atoms with van der Waals surface area (Å²) in [5, 5.41) is 7.50. The summed E-state index contributed by atoms with van der Waals surface area (Å²) in [4.78, 5) is 1.20. The van der Waals surface area contributed by atoms with Crippen LogP contribution in [0.3, 0.4) is 0 Å². The van der Waals surface area contributed by atoms with Gasteiger partial charge in [-0.25, -0.2) is 0 Å². The van der Waals surface area contributed by atoms with E-state index in [1.165, 1.54) is 22.0 Å². The number of nitrogens with one attached hydrogen (secondary N) is 1. The van der Waals surface area contributed by atoms with Crippen molar-refractivity contribution in [3.05, 3.63) is 34.7 Å². The predicted octanol–water partition coefficient (Wildman–Crippen LogP) is 2.62. The van der Waals surface area contributed by atoms with Crippen molar-refractivity contribution in [2.24, 2.45) is 0 Å². The summed E-state index contributed by atoms with van der Waals surface area (Å²) in [7, 11) is 0. The fraction of sp³-hybridized carbons (Fsp3) is 0.333. The van der Waals surface area contributed by atoms with Crippen LogP contribution in [0.2, 0.25) is 0 Å². The van der Waals surface area contributed by atoms with Crippen LogP contribution in [0, 0.1) is 6.92 Å². The van der Waals surface area contributed by atoms with E-state index in [9.17, 15) is 0 Å². The lowest BCUT2D eigenvalue weighted by Crippen LogP contribution is -2.11. The standard InChI is InChI=1S/C12H15N3S/c1-3-13-8-11-12(14-15-16-11)10-6-4-9(2)5-7-10/h4-7,13H,3,8H2,1-2H3. The van der Waals surface area contributed by atoms with Gasteiger partial charge >= 0.3 is 0 Å². The first kappa shape index (κ1) is 11.2. The lowest BCUT2D eigenvalue weighted by molar-refractivity contribution is 0.735. The lowest BCUT2D eigenvalue weighted by Gasteiger charge is -2.02. The molecule has 1 N–H and O–H groups in total. The molecule has 0 radical (unpaired) electrons. The minimum absolute atomic E-state index is 0.845. The fourth-order valence-corrected chi connectivity index (χ4v) is 2.13. The summed E-state index contributed by atoms with van der Waals surface area (Å²) in [6.07, 6.45) is 0. The molecule has 0 unspecified atom stereocenters. The number of aryl methyl sites for hydroxylation is 1. The Balaban J connectivity index is 2.26. The minimum atomic E-state index is 0.845. The molecule has 2 rings (SSSR count). The summed E-state index contributed by atoms with van der Waals surface area (Å²) in [5.74, 6) is 0. The van der Waals surface area contributed by atoms with Crippen molar-refractivity contribution >= 4 is 11.5 Å². The summed E-state index contributed by atoms with van der Waals surface area (Å²) in [5.41, 5.74) is 3.42. The van der Waals surface area contributed by atoms with Crippen LogP contribution in [-0.4, -0.2) is 16.1 Å². The fourth-order valence-electron chi connectivity index (χ4n) is 1.49. The largest absolute Gasteiger partial charge is 0.312 e. The summed E-state index contributed by atoms with van der Waals surface area (Å²) in [6.45, 7) is 5.99. The molecule has 0 saturated carbocycles. The number of rotatable bonds is 4. The van der Waals surface area contributed by atoms with E-state index in [0.29, 0.717) is 0 Å². The van der Waals surface area contributed by atoms with Crippen molar-refractivity contribution in [2.45, 2.75) is 20.4 Å². The highest BCUT2D eigenvalue weighted by Crippen LogP contribution is 2.23. The first-order valence-corrected chi connectivity index (χ1v) is 6.17. The van der Waals surface area contributed by atoms with E-state index in [1.54, 1.807) is 0 Å². The van der Waals surface area contributed by atoms with Crippen LogP contribution in [0.1, 0.15) is 17.4 Å². The van der Waals surface area contributed by atoms with Gasteiger partial charge in [-0.2, -0.15) is 0 Å². The molecule has 0 bridgehead atoms. The Morgan fingerprint density at radius 3 is 2.69 bits per heavy atom. The molecule has 1 heterocycles. The van der Waals surface area contributed by atoms with Crippen LogP contribution in [0.25, 0.3) is 11.3 Å². The molecule has 3 nitrogen and oxygen atoms in total. The zero-order chi connectivity index (χ0) is 11.4. The SMILES string of the molecule is CCNCc1snnc1-c1ccc(C)cc1. The van der Waals surface area contributed by atoms with Gasteiger partial charge in [-0.05, 0) is 25.0 Å². The van der Waals surface area contributed by atoms with Gasteiger partial charge < -0.3 is 5.32 Å². The highest BCUT2D eigenvalue weighted by molar-refractivity contribution is 7.05. The Bertz CT molecular complexity index is 448. The molecule has 2 aromatic rings. The zero-order valence-corrected chi connectivity index (χ0v) is 10.3. The molecule has 0 aliphatic rings. The van der Waals surface area contributed by atoms with Gasteiger partial charge in [0.1, 0.15) is 5.69 Å². The highest BCUT2D eigenvalue weighted by atomic mass is 32.1. The molecule has 4 heteroatoms. The molecule has 0 amide bonds. The Morgan fingerprint density at radius 2 is 2.00 bits per heavy atom. The number of hydrogen-bond donors (Lipinski definition) is 1. The maximum absolute atomic E-state index is 4.20. The topological polar surface area (TPSA) is 37.8 Å². The van der Waals surface area contributed by atoms with Crippen LogP contribution >= 0.6 is 11.5 Å². The Kier molecular flexibility index (Phi) is 3.64. The maximum atomic E-state index is 4.20. The van der Waals surface area contributed by atoms with E-state index in [0.717, 1.165) is 24.3 Å². The Morgan fingerprint density at radius 1 is 1.25 bits per heavy atom. The van der Waals surface area contributed by atoms with Gasteiger partial charge in [-0.3, -0.25) is 0 Å². The van der Waals surface area contributed by atoms with E-state index in [-0.39, 0.29) is 0 Å². The van der Waals surface area contributed by atoms with Gasteiger partial charge in [0, 0.05) is 12.1 Å². The number of aromatic nitrogens is 2. The van der Waals surface area contributed by atoms with Gasteiger partial charge in [0.2, 0.25) is 0 Å². The van der Waals surface area contributed by atoms with Gasteiger partial charge in [-0.1, -0.05) is 41.2 Å². The van der Waals surface area contributed by atoms with Crippen LogP contribution in [-0.2, 0) is 6.54 Å². The molecule has 0 aliphatic heterocycles. The van der Waals surface area contributed by atoms with Crippen molar-refractivity contribution < 1.29 is 0 Å². The van der Waals surface area contributed by atoms with Gasteiger partial charge in [-0.15, -0.1) is 5.10 Å². The molecule has 0 fully saturated rings. The van der Waals surface area contributed by atoms with Crippen molar-refractivity contribution in [1.82, 2.24) is 14.9 Å². The quantitative estimate of drug-likeness (QED) is 0.882. The first-order valence-electron chi connectivity index (χ1n) is 5.40. The molecule has 16 heavy (non-hydrogen) atoms. The van der Waals surface area contributed by atoms with Crippen LogP contribution in [0.15, 0.2) is 24.3 Å². The van der Waals surface area contributed by atoms with E-state index < -0.39 is 0 Å². The molecule has 84 valence electrons. The van der Waals surface area contributed by atoms with Crippen molar-refractivity contribution in [3.8, 4) is 11.3 Å². The summed E-state index contributed by atoms with van der Waals surface area (Å²) < 4.78 is 4.03. The predicted molar refractivity (Wildman–Crippen MR) is 67.5 cm³/mol. The normalized spacial score (nSPS) is 10.6. The molecule has 1 aromatic carbocycles.